The van der Waals surface area contributed by atoms with E-state index in [9.17, 15) is 10.1 Å². The molecule has 1 amide bonds. The number of benzene rings is 1. The highest BCUT2D eigenvalue weighted by Crippen LogP contribution is 2.40. The monoisotopic (exact) mass is 413 g/mol. The molecule has 0 spiro atoms. The number of allylic oxidation sites excluding steroid dienone is 1. The van der Waals surface area contributed by atoms with Crippen molar-refractivity contribution in [2.75, 3.05) is 17.2 Å². The second-order valence-corrected chi connectivity index (χ2v) is 7.55. The van der Waals surface area contributed by atoms with E-state index in [1.54, 1.807) is 24.5 Å². The van der Waals surface area contributed by atoms with Gasteiger partial charge in [0.1, 0.15) is 5.82 Å². The van der Waals surface area contributed by atoms with Crippen molar-refractivity contribution in [2.24, 2.45) is 4.99 Å². The van der Waals surface area contributed by atoms with Crippen LogP contribution >= 0.6 is 0 Å². The SMILES string of the molecule is C=N/C=C\C(=C/C)CNc1ncccc1C(=O)Nc1ccc(C2(C#N)CCCC2)cc1. The van der Waals surface area contributed by atoms with Crippen LogP contribution in [0, 0.1) is 11.3 Å². The molecule has 3 rings (SSSR count). The molecule has 0 saturated heterocycles. The molecule has 6 heteroatoms. The summed E-state index contributed by atoms with van der Waals surface area (Å²) in [5, 5.41) is 15.8. The first-order valence-corrected chi connectivity index (χ1v) is 10.4. The number of amides is 1. The number of nitrogens with one attached hydrogen (secondary N) is 2. The molecule has 0 unspecified atom stereocenters. The number of aliphatic imine (C=N–C) groups is 1. The number of carbonyl (C=O) groups excluding carboxylic acids is 1. The normalized spacial score (nSPS) is 15.4. The minimum absolute atomic E-state index is 0.246. The first-order valence-electron chi connectivity index (χ1n) is 10.4. The first kappa shape index (κ1) is 22.0. The average Bonchev–Trinajstić information content (AvgIpc) is 3.30. The van der Waals surface area contributed by atoms with E-state index in [0.717, 1.165) is 36.8 Å². The number of hydrogen-bond donors (Lipinski definition) is 2. The molecule has 0 aliphatic heterocycles. The number of aromatic nitrogens is 1. The third-order valence-corrected chi connectivity index (χ3v) is 5.64. The molecule has 1 aliphatic rings. The van der Waals surface area contributed by atoms with Gasteiger partial charge in [-0.3, -0.25) is 9.79 Å². The zero-order chi connectivity index (χ0) is 22.1. The van der Waals surface area contributed by atoms with E-state index >= 15 is 0 Å². The number of nitriles is 1. The molecule has 1 heterocycles. The fourth-order valence-electron chi connectivity index (χ4n) is 3.84. The molecule has 0 bridgehead atoms. The van der Waals surface area contributed by atoms with Crippen LogP contribution < -0.4 is 10.6 Å². The van der Waals surface area contributed by atoms with Gasteiger partial charge >= 0.3 is 0 Å². The van der Waals surface area contributed by atoms with Gasteiger partial charge in [0.25, 0.3) is 5.91 Å². The number of anilines is 2. The highest BCUT2D eigenvalue weighted by molar-refractivity contribution is 6.07. The van der Waals surface area contributed by atoms with Crippen LogP contribution in [0.1, 0.15) is 48.5 Å². The standard InChI is InChI=1S/C25H27N5O/c1-3-19(12-16-27-2)17-29-23-22(7-6-15-28-23)24(31)30-21-10-8-20(9-11-21)25(18-26)13-4-5-14-25/h3,6-12,15-16H,2,4-5,13-14,17H2,1H3,(H,28,29)(H,30,31)/b16-12-,19-3+. The Hall–Kier alpha value is -3.72. The maximum atomic E-state index is 12.9. The molecular formula is C25H27N5O. The molecule has 158 valence electrons. The molecule has 2 aromatic rings. The predicted molar refractivity (Wildman–Crippen MR) is 125 cm³/mol. The lowest BCUT2D eigenvalue weighted by atomic mass is 9.80. The van der Waals surface area contributed by atoms with Gasteiger partial charge in [-0.05, 0) is 68.0 Å². The summed E-state index contributed by atoms with van der Waals surface area (Å²) in [5.74, 6) is 0.259. The van der Waals surface area contributed by atoms with Crippen LogP contribution in [0.15, 0.2) is 71.5 Å². The van der Waals surface area contributed by atoms with E-state index in [1.807, 2.05) is 43.3 Å². The number of carbonyl (C=O) groups is 1. The molecular weight excluding hydrogens is 386 g/mol. The summed E-state index contributed by atoms with van der Waals surface area (Å²) >= 11 is 0. The lowest BCUT2D eigenvalue weighted by Gasteiger charge is -2.21. The molecule has 2 N–H and O–H groups in total. The van der Waals surface area contributed by atoms with E-state index in [2.05, 4.69) is 33.4 Å². The maximum Gasteiger partial charge on any atom is 0.259 e. The number of nitrogens with zero attached hydrogens (tertiary/aromatic N) is 3. The Labute approximate surface area is 183 Å². The topological polar surface area (TPSA) is 90.2 Å². The molecule has 6 nitrogen and oxygen atoms in total. The summed E-state index contributed by atoms with van der Waals surface area (Å²) in [4.78, 5) is 20.9. The van der Waals surface area contributed by atoms with Crippen LogP contribution in [-0.4, -0.2) is 24.2 Å². The molecule has 1 aromatic carbocycles. The van der Waals surface area contributed by atoms with E-state index in [0.29, 0.717) is 23.6 Å². The minimum atomic E-state index is -0.386. The Morgan fingerprint density at radius 2 is 2.03 bits per heavy atom. The van der Waals surface area contributed by atoms with Crippen LogP contribution in [0.25, 0.3) is 0 Å². The minimum Gasteiger partial charge on any atom is -0.365 e. The maximum absolute atomic E-state index is 12.9. The van der Waals surface area contributed by atoms with E-state index < -0.39 is 0 Å². The van der Waals surface area contributed by atoms with E-state index in [1.165, 1.54) is 0 Å². The molecule has 31 heavy (non-hydrogen) atoms. The summed E-state index contributed by atoms with van der Waals surface area (Å²) in [6.45, 7) is 5.87. The molecule has 0 radical (unpaired) electrons. The van der Waals surface area contributed by atoms with Crippen molar-refractivity contribution in [3.8, 4) is 6.07 Å². The largest absolute Gasteiger partial charge is 0.365 e. The van der Waals surface area contributed by atoms with Gasteiger partial charge in [-0.25, -0.2) is 4.98 Å². The second kappa shape index (κ2) is 10.4. The smallest absolute Gasteiger partial charge is 0.259 e. The zero-order valence-electron chi connectivity index (χ0n) is 17.8. The summed E-state index contributed by atoms with van der Waals surface area (Å²) in [5.41, 5.74) is 2.78. The summed E-state index contributed by atoms with van der Waals surface area (Å²) in [6, 6.07) is 13.6. The van der Waals surface area contributed by atoms with Crippen LogP contribution in [0.4, 0.5) is 11.5 Å². The number of hydrogen-bond acceptors (Lipinski definition) is 5. The Kier molecular flexibility index (Phi) is 7.34. The lowest BCUT2D eigenvalue weighted by Crippen LogP contribution is -2.19. The van der Waals surface area contributed by atoms with E-state index in [-0.39, 0.29) is 11.3 Å². The molecule has 1 fully saturated rings. The van der Waals surface area contributed by atoms with Gasteiger partial charge in [0.05, 0.1) is 17.0 Å². The Balaban J connectivity index is 1.70. The lowest BCUT2D eigenvalue weighted by molar-refractivity contribution is 0.102. The molecule has 0 atom stereocenters. The quantitative estimate of drug-likeness (QED) is 0.457. The van der Waals surface area contributed by atoms with E-state index in [4.69, 9.17) is 0 Å². The fourth-order valence-corrected chi connectivity index (χ4v) is 3.84. The van der Waals surface area contributed by atoms with Crippen molar-refractivity contribution >= 4 is 24.1 Å². The fraction of sp³-hybridized carbons (Fsp3) is 0.280. The second-order valence-electron chi connectivity index (χ2n) is 7.55. The van der Waals surface area contributed by atoms with Gasteiger partial charge in [-0.1, -0.05) is 31.1 Å². The van der Waals surface area contributed by atoms with Gasteiger partial charge in [-0.15, -0.1) is 0 Å². The molecule has 1 aliphatic carbocycles. The van der Waals surface area contributed by atoms with Crippen LogP contribution in [0.2, 0.25) is 0 Å². The molecule has 1 saturated carbocycles. The Morgan fingerprint density at radius 3 is 2.68 bits per heavy atom. The number of rotatable bonds is 8. The highest BCUT2D eigenvalue weighted by Gasteiger charge is 2.35. The van der Waals surface area contributed by atoms with Crippen LogP contribution in [0.3, 0.4) is 0 Å². The van der Waals surface area contributed by atoms with Crippen molar-refractivity contribution in [1.29, 1.82) is 5.26 Å². The van der Waals surface area contributed by atoms with Crippen molar-refractivity contribution in [2.45, 2.75) is 38.0 Å². The van der Waals surface area contributed by atoms with Crippen LogP contribution in [0.5, 0.6) is 0 Å². The van der Waals surface area contributed by atoms with Gasteiger partial charge in [0.2, 0.25) is 0 Å². The van der Waals surface area contributed by atoms with Crippen molar-refractivity contribution < 1.29 is 4.79 Å². The van der Waals surface area contributed by atoms with Crippen molar-refractivity contribution in [3.63, 3.8) is 0 Å². The van der Waals surface area contributed by atoms with Gasteiger partial charge in [0, 0.05) is 24.6 Å². The number of pyridine rings is 1. The van der Waals surface area contributed by atoms with Gasteiger partial charge in [-0.2, -0.15) is 5.26 Å². The third kappa shape index (κ3) is 5.26. The Morgan fingerprint density at radius 1 is 1.29 bits per heavy atom. The average molecular weight is 414 g/mol. The Bertz CT molecular complexity index is 1020. The zero-order valence-corrected chi connectivity index (χ0v) is 17.8. The summed E-state index contributed by atoms with van der Waals surface area (Å²) in [7, 11) is 0. The summed E-state index contributed by atoms with van der Waals surface area (Å²) in [6.07, 6.45) is 11.0. The highest BCUT2D eigenvalue weighted by atomic mass is 16.1. The molecule has 1 aromatic heterocycles. The summed E-state index contributed by atoms with van der Waals surface area (Å²) < 4.78 is 0. The van der Waals surface area contributed by atoms with Crippen molar-refractivity contribution in [3.05, 3.63) is 77.6 Å². The van der Waals surface area contributed by atoms with Crippen LogP contribution in [-0.2, 0) is 5.41 Å². The van der Waals surface area contributed by atoms with Gasteiger partial charge in [0.15, 0.2) is 0 Å². The van der Waals surface area contributed by atoms with Crippen molar-refractivity contribution in [1.82, 2.24) is 4.98 Å². The van der Waals surface area contributed by atoms with Gasteiger partial charge < -0.3 is 10.6 Å². The predicted octanol–water partition coefficient (Wildman–Crippen LogP) is 5.24. The first-order chi connectivity index (χ1) is 15.1. The third-order valence-electron chi connectivity index (χ3n) is 5.64.